The van der Waals surface area contributed by atoms with Gasteiger partial charge < -0.3 is 9.64 Å². The molecule has 1 spiro atoms. The van der Waals surface area contributed by atoms with E-state index >= 15 is 0 Å². The molecule has 2 fully saturated rings. The molecule has 1 unspecified atom stereocenters. The van der Waals surface area contributed by atoms with Crippen molar-refractivity contribution in [2.24, 2.45) is 5.41 Å². The highest BCUT2D eigenvalue weighted by atomic mass is 16.6. The lowest BCUT2D eigenvalue weighted by atomic mass is 9.72. The molecular formula is C14H23NO3. The zero-order valence-electron chi connectivity index (χ0n) is 11.6. The second-order valence-electron chi connectivity index (χ2n) is 6.56. The van der Waals surface area contributed by atoms with Crippen LogP contribution >= 0.6 is 0 Å². The van der Waals surface area contributed by atoms with E-state index in [2.05, 4.69) is 0 Å². The van der Waals surface area contributed by atoms with Gasteiger partial charge in [0, 0.05) is 24.9 Å². The van der Waals surface area contributed by atoms with Gasteiger partial charge in [0.1, 0.15) is 11.4 Å². The molecule has 0 aromatic carbocycles. The molecular weight excluding hydrogens is 230 g/mol. The number of nitrogens with zero attached hydrogens (tertiary/aromatic N) is 1. The van der Waals surface area contributed by atoms with Crippen LogP contribution in [-0.4, -0.2) is 35.5 Å². The molecule has 2 rings (SSSR count). The van der Waals surface area contributed by atoms with Gasteiger partial charge in [-0.25, -0.2) is 4.79 Å². The maximum atomic E-state index is 12.1. The summed E-state index contributed by atoms with van der Waals surface area (Å²) in [4.78, 5) is 25.8. The summed E-state index contributed by atoms with van der Waals surface area (Å²) in [6.45, 7) is 6.80. The molecule has 0 aromatic rings. The van der Waals surface area contributed by atoms with Crippen LogP contribution in [0.4, 0.5) is 4.79 Å². The Kier molecular flexibility index (Phi) is 3.39. The molecule has 2 aliphatic rings. The maximum absolute atomic E-state index is 12.1. The summed E-state index contributed by atoms with van der Waals surface area (Å²) in [5.41, 5.74) is -0.724. The lowest BCUT2D eigenvalue weighted by Gasteiger charge is -2.32. The van der Waals surface area contributed by atoms with Crippen molar-refractivity contribution >= 4 is 11.9 Å². The Hall–Kier alpha value is -1.06. The van der Waals surface area contributed by atoms with E-state index in [1.165, 1.54) is 0 Å². The summed E-state index contributed by atoms with van der Waals surface area (Å²) in [5.74, 6) is 0.347. The average molecular weight is 253 g/mol. The zero-order chi connectivity index (χ0) is 13.4. The van der Waals surface area contributed by atoms with Crippen LogP contribution in [0.1, 0.15) is 52.9 Å². The minimum atomic E-state index is -0.469. The molecule has 18 heavy (non-hydrogen) atoms. The number of ketones is 1. The highest BCUT2D eigenvalue weighted by molar-refractivity contribution is 5.87. The van der Waals surface area contributed by atoms with Gasteiger partial charge in [0.15, 0.2) is 0 Å². The first-order valence-electron chi connectivity index (χ1n) is 6.84. The normalized spacial score (nSPS) is 28.8. The Morgan fingerprint density at radius 2 is 2.00 bits per heavy atom. The Balaban J connectivity index is 1.99. The fourth-order valence-electron chi connectivity index (χ4n) is 2.94. The third kappa shape index (κ3) is 2.68. The Morgan fingerprint density at radius 1 is 1.28 bits per heavy atom. The molecule has 1 amide bonds. The molecule has 102 valence electrons. The minimum absolute atomic E-state index is 0.255. The lowest BCUT2D eigenvalue weighted by molar-refractivity contribution is -0.130. The van der Waals surface area contributed by atoms with Gasteiger partial charge in [-0.3, -0.25) is 4.79 Å². The van der Waals surface area contributed by atoms with Gasteiger partial charge in [-0.1, -0.05) is 6.42 Å². The predicted octanol–water partition coefficient (Wildman–Crippen LogP) is 2.76. The summed E-state index contributed by atoms with van der Waals surface area (Å²) in [7, 11) is 0. The van der Waals surface area contributed by atoms with Gasteiger partial charge in [0.25, 0.3) is 0 Å². The Labute approximate surface area is 109 Å². The third-order valence-electron chi connectivity index (χ3n) is 3.91. The molecule has 4 nitrogen and oxygen atoms in total. The number of carbonyl (C=O) groups is 2. The molecule has 0 bridgehead atoms. The first-order valence-corrected chi connectivity index (χ1v) is 6.84. The van der Waals surface area contributed by atoms with Crippen LogP contribution in [0.25, 0.3) is 0 Å². The summed E-state index contributed by atoms with van der Waals surface area (Å²) in [5, 5.41) is 0. The zero-order valence-corrected chi connectivity index (χ0v) is 11.6. The van der Waals surface area contributed by atoms with Crippen LogP contribution < -0.4 is 0 Å². The van der Waals surface area contributed by atoms with E-state index in [0.717, 1.165) is 25.7 Å². The highest BCUT2D eigenvalue weighted by Gasteiger charge is 2.46. The van der Waals surface area contributed by atoms with Crippen molar-refractivity contribution in [3.63, 3.8) is 0 Å². The number of hydrogen-bond donors (Lipinski definition) is 0. The molecule has 0 N–H and O–H groups in total. The summed E-state index contributed by atoms with van der Waals surface area (Å²) in [6.07, 6.45) is 4.26. The SMILES string of the molecule is CC(C)(C)OC(=O)N1CCC2(CCCCC2=O)C1. The molecule has 1 aliphatic carbocycles. The molecule has 0 aromatic heterocycles. The molecule has 1 aliphatic heterocycles. The second kappa shape index (κ2) is 4.56. The van der Waals surface area contributed by atoms with E-state index < -0.39 is 5.60 Å². The van der Waals surface area contributed by atoms with Crippen molar-refractivity contribution in [3.05, 3.63) is 0 Å². The molecule has 4 heteroatoms. The monoisotopic (exact) mass is 253 g/mol. The highest BCUT2D eigenvalue weighted by Crippen LogP contribution is 2.41. The smallest absolute Gasteiger partial charge is 0.410 e. The largest absolute Gasteiger partial charge is 0.444 e. The van der Waals surface area contributed by atoms with Crippen molar-refractivity contribution in [3.8, 4) is 0 Å². The van der Waals surface area contributed by atoms with Crippen LogP contribution in [0.2, 0.25) is 0 Å². The second-order valence-corrected chi connectivity index (χ2v) is 6.56. The van der Waals surface area contributed by atoms with Gasteiger partial charge in [-0.05, 0) is 40.0 Å². The standard InChI is InChI=1S/C14H23NO3/c1-13(2,3)18-12(17)15-9-8-14(10-15)7-5-4-6-11(14)16/h4-10H2,1-3H3. The van der Waals surface area contributed by atoms with Crippen LogP contribution in [0.3, 0.4) is 0 Å². The number of Topliss-reactive ketones (excluding diaryl/α,β-unsaturated/α-hetero) is 1. The van der Waals surface area contributed by atoms with E-state index in [4.69, 9.17) is 4.74 Å². The first kappa shape index (κ1) is 13.4. The van der Waals surface area contributed by atoms with E-state index in [9.17, 15) is 9.59 Å². The molecule has 1 saturated carbocycles. The van der Waals surface area contributed by atoms with Crippen LogP contribution in [0.5, 0.6) is 0 Å². The first-order chi connectivity index (χ1) is 8.32. The lowest BCUT2D eigenvalue weighted by Crippen LogP contribution is -2.40. The van der Waals surface area contributed by atoms with Crippen molar-refractivity contribution in [2.75, 3.05) is 13.1 Å². The van der Waals surface area contributed by atoms with Crippen molar-refractivity contribution < 1.29 is 14.3 Å². The van der Waals surface area contributed by atoms with Crippen LogP contribution in [-0.2, 0) is 9.53 Å². The number of rotatable bonds is 0. The third-order valence-corrected chi connectivity index (χ3v) is 3.91. The summed E-state index contributed by atoms with van der Waals surface area (Å²) >= 11 is 0. The molecule has 1 heterocycles. The number of hydrogen-bond acceptors (Lipinski definition) is 3. The van der Waals surface area contributed by atoms with Gasteiger partial charge in [-0.15, -0.1) is 0 Å². The number of amides is 1. The van der Waals surface area contributed by atoms with E-state index in [0.29, 0.717) is 25.3 Å². The maximum Gasteiger partial charge on any atom is 0.410 e. The van der Waals surface area contributed by atoms with E-state index in [1.807, 2.05) is 20.8 Å². The van der Waals surface area contributed by atoms with E-state index in [1.54, 1.807) is 4.90 Å². The van der Waals surface area contributed by atoms with Gasteiger partial charge in [0.05, 0.1) is 0 Å². The number of carbonyl (C=O) groups excluding carboxylic acids is 2. The minimum Gasteiger partial charge on any atom is -0.444 e. The fourth-order valence-corrected chi connectivity index (χ4v) is 2.94. The van der Waals surface area contributed by atoms with Crippen LogP contribution in [0.15, 0.2) is 0 Å². The average Bonchev–Trinajstić information content (AvgIpc) is 2.66. The molecule has 0 radical (unpaired) electrons. The quantitative estimate of drug-likeness (QED) is 0.667. The molecule has 1 atom stereocenters. The summed E-state index contributed by atoms with van der Waals surface area (Å²) < 4.78 is 5.37. The summed E-state index contributed by atoms with van der Waals surface area (Å²) in [6, 6.07) is 0. The topological polar surface area (TPSA) is 46.6 Å². The predicted molar refractivity (Wildman–Crippen MR) is 68.3 cm³/mol. The van der Waals surface area contributed by atoms with E-state index in [-0.39, 0.29) is 11.5 Å². The Morgan fingerprint density at radius 3 is 2.61 bits per heavy atom. The van der Waals surface area contributed by atoms with Crippen molar-refractivity contribution in [2.45, 2.75) is 58.5 Å². The Bertz CT molecular complexity index is 359. The van der Waals surface area contributed by atoms with Gasteiger partial charge >= 0.3 is 6.09 Å². The van der Waals surface area contributed by atoms with Crippen molar-refractivity contribution in [1.82, 2.24) is 4.90 Å². The fraction of sp³-hybridized carbons (Fsp3) is 0.857. The van der Waals surface area contributed by atoms with Crippen molar-refractivity contribution in [1.29, 1.82) is 0 Å². The van der Waals surface area contributed by atoms with Crippen LogP contribution in [0, 0.1) is 5.41 Å². The number of ether oxygens (including phenoxy) is 1. The van der Waals surface area contributed by atoms with Gasteiger partial charge in [0.2, 0.25) is 0 Å². The molecule has 1 saturated heterocycles. The van der Waals surface area contributed by atoms with Gasteiger partial charge in [-0.2, -0.15) is 0 Å². The number of likely N-dealkylation sites (tertiary alicyclic amines) is 1.